The van der Waals surface area contributed by atoms with Gasteiger partial charge in [-0.3, -0.25) is 0 Å². The Balaban J connectivity index is 2.31. The maximum atomic E-state index is 4.91. The van der Waals surface area contributed by atoms with Crippen LogP contribution >= 0.6 is 0 Å². The fraction of sp³-hybridized carbons (Fsp3) is 0.909. The molecule has 206 valence electrons. The Morgan fingerprint density at radius 1 is 0.543 bits per heavy atom. The average Bonchev–Trinajstić information content (AvgIpc) is 3.36. The molecule has 0 saturated heterocycles. The molecule has 1 aromatic heterocycles. The van der Waals surface area contributed by atoms with Crippen molar-refractivity contribution in [2.24, 2.45) is 0 Å². The number of hydrogen-bond donors (Lipinski definition) is 0. The lowest BCUT2D eigenvalue weighted by Crippen LogP contribution is -2.13. The zero-order chi connectivity index (χ0) is 25.4. The summed E-state index contributed by atoms with van der Waals surface area (Å²) in [4.78, 5) is 4.91. The standard InChI is InChI=1S/C33H64N2/c1-5-8-11-13-15-17-19-20-22-24-26-31(4)35-30-29-34-33(35)32(27-10-7-3)28-25-23-21-18-16-14-12-9-6-2/h29-32H,5-28H2,1-4H3. The molecule has 0 amide bonds. The van der Waals surface area contributed by atoms with E-state index in [1.54, 1.807) is 0 Å². The van der Waals surface area contributed by atoms with Gasteiger partial charge >= 0.3 is 0 Å². The molecule has 1 rings (SSSR count). The molecule has 2 nitrogen and oxygen atoms in total. The maximum absolute atomic E-state index is 4.91. The largest absolute Gasteiger partial charge is 0.332 e. The topological polar surface area (TPSA) is 17.8 Å². The Hall–Kier alpha value is -0.790. The molecule has 2 heteroatoms. The number of rotatable bonds is 26. The number of nitrogens with zero attached hydrogens (tertiary/aromatic N) is 2. The summed E-state index contributed by atoms with van der Waals surface area (Å²) in [6.45, 7) is 9.36. The Labute approximate surface area is 221 Å². The van der Waals surface area contributed by atoms with Gasteiger partial charge in [0.2, 0.25) is 0 Å². The second-order valence-corrected chi connectivity index (χ2v) is 11.5. The van der Waals surface area contributed by atoms with Crippen molar-refractivity contribution in [2.45, 2.75) is 194 Å². The van der Waals surface area contributed by atoms with Crippen molar-refractivity contribution >= 4 is 0 Å². The second-order valence-electron chi connectivity index (χ2n) is 11.5. The van der Waals surface area contributed by atoms with Crippen LogP contribution in [-0.2, 0) is 0 Å². The summed E-state index contributed by atoms with van der Waals surface area (Å²) < 4.78 is 2.54. The Bertz CT molecular complexity index is 549. The van der Waals surface area contributed by atoms with Crippen LogP contribution in [0.4, 0.5) is 0 Å². The lowest BCUT2D eigenvalue weighted by molar-refractivity contribution is 0.415. The van der Waals surface area contributed by atoms with E-state index in [1.165, 1.54) is 160 Å². The molecule has 0 aliphatic rings. The third-order valence-electron chi connectivity index (χ3n) is 8.08. The van der Waals surface area contributed by atoms with E-state index in [9.17, 15) is 0 Å². The lowest BCUT2D eigenvalue weighted by atomic mass is 9.93. The van der Waals surface area contributed by atoms with E-state index < -0.39 is 0 Å². The fourth-order valence-electron chi connectivity index (χ4n) is 5.63. The first-order chi connectivity index (χ1) is 17.2. The molecule has 0 aliphatic heterocycles. The molecule has 1 heterocycles. The van der Waals surface area contributed by atoms with Crippen molar-refractivity contribution in [1.29, 1.82) is 0 Å². The highest BCUT2D eigenvalue weighted by Crippen LogP contribution is 2.30. The zero-order valence-corrected chi connectivity index (χ0v) is 24.7. The average molecular weight is 489 g/mol. The van der Waals surface area contributed by atoms with Gasteiger partial charge in [0, 0.05) is 24.4 Å². The molecule has 1 aromatic rings. The molecular formula is C33H64N2. The molecule has 2 unspecified atom stereocenters. The number of aromatic nitrogens is 2. The highest BCUT2D eigenvalue weighted by Gasteiger charge is 2.19. The minimum Gasteiger partial charge on any atom is -0.332 e. The molecule has 0 aromatic carbocycles. The van der Waals surface area contributed by atoms with E-state index in [4.69, 9.17) is 4.98 Å². The van der Waals surface area contributed by atoms with Crippen molar-refractivity contribution in [3.8, 4) is 0 Å². The molecule has 0 fully saturated rings. The summed E-state index contributed by atoms with van der Waals surface area (Å²) in [5.74, 6) is 2.04. The minimum absolute atomic E-state index is 0.591. The Morgan fingerprint density at radius 2 is 0.943 bits per heavy atom. The lowest BCUT2D eigenvalue weighted by Gasteiger charge is -2.22. The molecular weight excluding hydrogens is 424 g/mol. The van der Waals surface area contributed by atoms with Gasteiger partial charge in [0.25, 0.3) is 0 Å². The van der Waals surface area contributed by atoms with E-state index in [-0.39, 0.29) is 0 Å². The third-order valence-corrected chi connectivity index (χ3v) is 8.08. The summed E-state index contributed by atoms with van der Waals surface area (Å²) in [7, 11) is 0. The van der Waals surface area contributed by atoms with Crippen LogP contribution in [0.1, 0.15) is 200 Å². The summed E-state index contributed by atoms with van der Waals surface area (Å²) in [6.07, 6.45) is 37.9. The van der Waals surface area contributed by atoms with Gasteiger partial charge in [-0.25, -0.2) is 4.98 Å². The van der Waals surface area contributed by atoms with E-state index in [0.29, 0.717) is 12.0 Å². The smallest absolute Gasteiger partial charge is 0.111 e. The summed E-state index contributed by atoms with van der Waals surface area (Å²) in [5, 5.41) is 0. The van der Waals surface area contributed by atoms with Gasteiger partial charge in [0.05, 0.1) is 0 Å². The molecule has 0 N–H and O–H groups in total. The predicted octanol–water partition coefficient (Wildman–Crippen LogP) is 11.9. The van der Waals surface area contributed by atoms with E-state index in [0.717, 1.165) is 0 Å². The van der Waals surface area contributed by atoms with Crippen LogP contribution in [0.3, 0.4) is 0 Å². The first-order valence-electron chi connectivity index (χ1n) is 16.3. The normalized spacial score (nSPS) is 13.4. The quantitative estimate of drug-likeness (QED) is 0.118. The fourth-order valence-corrected chi connectivity index (χ4v) is 5.63. The number of imidazole rings is 1. The van der Waals surface area contributed by atoms with Crippen LogP contribution in [0.15, 0.2) is 12.4 Å². The van der Waals surface area contributed by atoms with E-state index in [2.05, 4.69) is 44.7 Å². The van der Waals surface area contributed by atoms with E-state index in [1.807, 2.05) is 0 Å². The molecule has 0 spiro atoms. The minimum atomic E-state index is 0.591. The first kappa shape index (κ1) is 32.2. The SMILES string of the molecule is CCCCCCCCCCCCC(C)n1ccnc1C(CCCC)CCCCCCCCCCC. The summed E-state index contributed by atoms with van der Waals surface area (Å²) >= 11 is 0. The van der Waals surface area contributed by atoms with Gasteiger partial charge in [-0.1, -0.05) is 156 Å². The number of unbranched alkanes of at least 4 members (excludes halogenated alkanes) is 18. The Morgan fingerprint density at radius 3 is 1.43 bits per heavy atom. The maximum Gasteiger partial charge on any atom is 0.111 e. The van der Waals surface area contributed by atoms with Crippen molar-refractivity contribution in [3.63, 3.8) is 0 Å². The van der Waals surface area contributed by atoms with E-state index >= 15 is 0 Å². The van der Waals surface area contributed by atoms with Gasteiger partial charge < -0.3 is 4.57 Å². The molecule has 2 atom stereocenters. The van der Waals surface area contributed by atoms with Crippen LogP contribution in [0, 0.1) is 0 Å². The first-order valence-corrected chi connectivity index (χ1v) is 16.3. The van der Waals surface area contributed by atoms with Crippen molar-refractivity contribution in [3.05, 3.63) is 18.2 Å². The van der Waals surface area contributed by atoms with Gasteiger partial charge in [0.1, 0.15) is 5.82 Å². The monoisotopic (exact) mass is 489 g/mol. The predicted molar refractivity (Wildman–Crippen MR) is 158 cm³/mol. The second kappa shape index (κ2) is 23.6. The van der Waals surface area contributed by atoms with Crippen LogP contribution < -0.4 is 0 Å². The van der Waals surface area contributed by atoms with Crippen LogP contribution in [0.5, 0.6) is 0 Å². The molecule has 0 saturated carbocycles. The summed E-state index contributed by atoms with van der Waals surface area (Å²) in [6, 6.07) is 0.591. The molecule has 0 radical (unpaired) electrons. The summed E-state index contributed by atoms with van der Waals surface area (Å²) in [5.41, 5.74) is 0. The van der Waals surface area contributed by atoms with Crippen molar-refractivity contribution in [2.75, 3.05) is 0 Å². The van der Waals surface area contributed by atoms with Crippen LogP contribution in [0.25, 0.3) is 0 Å². The zero-order valence-electron chi connectivity index (χ0n) is 24.7. The van der Waals surface area contributed by atoms with Crippen LogP contribution in [-0.4, -0.2) is 9.55 Å². The van der Waals surface area contributed by atoms with Gasteiger partial charge in [-0.15, -0.1) is 0 Å². The molecule has 0 aliphatic carbocycles. The van der Waals surface area contributed by atoms with Crippen LogP contribution in [0.2, 0.25) is 0 Å². The van der Waals surface area contributed by atoms with Gasteiger partial charge in [0.15, 0.2) is 0 Å². The highest BCUT2D eigenvalue weighted by molar-refractivity contribution is 5.02. The number of hydrogen-bond acceptors (Lipinski definition) is 1. The molecule has 35 heavy (non-hydrogen) atoms. The third kappa shape index (κ3) is 16.6. The molecule has 0 bridgehead atoms. The highest BCUT2D eigenvalue weighted by atomic mass is 15.1. The van der Waals surface area contributed by atoms with Gasteiger partial charge in [-0.2, -0.15) is 0 Å². The van der Waals surface area contributed by atoms with Crippen molar-refractivity contribution in [1.82, 2.24) is 9.55 Å². The van der Waals surface area contributed by atoms with Crippen molar-refractivity contribution < 1.29 is 0 Å². The van der Waals surface area contributed by atoms with Gasteiger partial charge in [-0.05, 0) is 26.2 Å². The Kier molecular flexibility index (Phi) is 21.7.